The monoisotopic (exact) mass is 1490 g/mol. The number of benzene rings is 3. The van der Waals surface area contributed by atoms with E-state index in [1.165, 1.54) is 84.7 Å². The summed E-state index contributed by atoms with van der Waals surface area (Å²) in [4.78, 5) is 168. The molecule has 15 N–H and O–H groups in total. The summed E-state index contributed by atoms with van der Waals surface area (Å²) in [5, 5.41) is 38.9. The molecule has 4 aliphatic rings. The number of nitrogens with two attached hydrogens (primary N) is 2. The second-order valence-corrected chi connectivity index (χ2v) is 29.4. The maximum absolute atomic E-state index is 15.3. The number of alkyl halides is 4. The number of carboxylic acid groups (broad SMARTS) is 1. The number of nitrogens with zero attached hydrogens (tertiary/aromatic N) is 2. The predicted octanol–water partition coefficient (Wildman–Crippen LogP) is 4.36. The Bertz CT molecular complexity index is 3870. The van der Waals surface area contributed by atoms with Crippen molar-refractivity contribution in [3.05, 3.63) is 119 Å². The molecular weight excluding hydrogens is 1400 g/mol. The number of carboxylic acids is 1. The third-order valence-corrected chi connectivity index (χ3v) is 21.9. The van der Waals surface area contributed by atoms with Crippen LogP contribution in [0, 0.1) is 35.4 Å². The van der Waals surface area contributed by atoms with Crippen LogP contribution in [-0.4, -0.2) is 181 Å². The third kappa shape index (κ3) is 22.5. The number of carbonyl (C=O) groups is 11. The Balaban J connectivity index is 1.06. The van der Waals surface area contributed by atoms with Gasteiger partial charge in [0.2, 0.25) is 53.2 Å². The number of hydrogen-bond donors (Lipinski definition) is 13. The minimum absolute atomic E-state index is 0.0262. The van der Waals surface area contributed by atoms with Crippen LogP contribution in [0.15, 0.2) is 85.5 Å². The Morgan fingerprint density at radius 3 is 2.09 bits per heavy atom. The van der Waals surface area contributed by atoms with Gasteiger partial charge in [-0.2, -0.15) is 36.7 Å². The highest BCUT2D eigenvalue weighted by molar-refractivity contribution is 7.98. The number of hydrogen-bond acceptors (Lipinski definition) is 16. The maximum atomic E-state index is 15.3. The number of H-pyrrole nitrogens is 2. The Labute approximate surface area is 604 Å². The highest BCUT2D eigenvalue weighted by Gasteiger charge is 2.52. The number of aromatic hydroxyl groups is 1. The molecule has 2 aromatic heterocycles. The van der Waals surface area contributed by atoms with Gasteiger partial charge in [-0.3, -0.25) is 52.7 Å². The van der Waals surface area contributed by atoms with Crippen molar-refractivity contribution in [2.45, 2.75) is 169 Å². The van der Waals surface area contributed by atoms with Gasteiger partial charge in [-0.1, -0.05) is 36.4 Å². The van der Waals surface area contributed by atoms with E-state index in [1.54, 1.807) is 6.07 Å². The van der Waals surface area contributed by atoms with Crippen LogP contribution in [-0.2, 0) is 83.5 Å². The summed E-state index contributed by atoms with van der Waals surface area (Å²) in [6.45, 7) is -1.52. The quantitative estimate of drug-likeness (QED) is 0.0511. The molecule has 26 nitrogen and oxygen atoms in total. The van der Waals surface area contributed by atoms with Gasteiger partial charge in [-0.15, -0.1) is 0 Å². The number of thioether (sulfide) groups is 2. The summed E-state index contributed by atoms with van der Waals surface area (Å²) >= 11 is 2.64. The summed E-state index contributed by atoms with van der Waals surface area (Å²) in [6, 6.07) is 4.45. The van der Waals surface area contributed by atoms with Crippen LogP contribution in [0.5, 0.6) is 5.75 Å². The summed E-state index contributed by atoms with van der Waals surface area (Å²) in [5.74, 6) is -15.5. The minimum Gasteiger partial charge on any atom is -0.508 e. The number of halogens is 5. The number of aromatic amines is 2. The number of primary amides is 1. The van der Waals surface area contributed by atoms with Crippen LogP contribution in [0.3, 0.4) is 0 Å². The van der Waals surface area contributed by atoms with E-state index in [0.29, 0.717) is 77.1 Å². The number of phenolic OH excluding ortho intramolecular Hbond substituents is 1. The largest absolute Gasteiger partial charge is 0.508 e. The number of Topliss-reactive ketones (excluding diaryl/α,β-unsaturated/α-hetero) is 1. The van der Waals surface area contributed by atoms with E-state index in [4.69, 9.17) is 11.5 Å². The fourth-order valence-electron chi connectivity index (χ4n) is 14.2. The molecule has 5 aromatic rings. The fourth-order valence-corrected chi connectivity index (χ4v) is 16.2. The first-order chi connectivity index (χ1) is 49.7. The van der Waals surface area contributed by atoms with Crippen LogP contribution >= 0.6 is 23.5 Å². The van der Waals surface area contributed by atoms with Crippen LogP contribution in [0.25, 0.3) is 10.9 Å². The molecule has 4 unspecified atom stereocenters. The Morgan fingerprint density at radius 2 is 1.38 bits per heavy atom. The Kier molecular flexibility index (Phi) is 28.1. The second kappa shape index (κ2) is 37.0. The Morgan fingerprint density at radius 1 is 0.712 bits per heavy atom. The molecule has 3 aromatic carbocycles. The first kappa shape index (κ1) is 79.0. The zero-order valence-corrected chi connectivity index (χ0v) is 58.6. The number of ketones is 1. The standard InChI is InChI=1S/C71H88F5N13O13S2/c72-46-12-11-41-9-10-42(50(41)26-46)22-55-67(99)87-57(29-63(94)95)69(101)86-56(28-48-31-79-37-82-48)68(100)88-58(21-38-7-14-49(90)15-8-38)70(102)89-33-45(71(74,75)76)25-59(89)60(91)24-44(64(78)96)36-104-35-40-5-3-4-39(20-40)34-103-19-17-61(92)83-53(6-1-2-18-77)65(97)81-32-62(93)84-54(66(98)85-55)23-43-30-80-52-16-13-47(73)27-51(43)52/h3-5,7-8,13-16,20,27,30-31,37,41-42,44-46,50,53-59,80,90H,1-2,6,9-12,17-19,21-26,28-29,32-36,77H2,(H2,78,96)(H,79,82)(H,81,97)(H,83,92)(H,84,93)(H,85,98)(H,86,101)(H,87,99)(H,88,100)(H,94,95)/t41?,42?,44-,45-,46?,50?,53-,54-,55-,56-,57-,58-,59-/m0/s1. The number of carbonyl (C=O) groups excluding carboxylic acids is 10. The van der Waals surface area contributed by atoms with E-state index < -0.39 is 188 Å². The number of fused-ring (bicyclic) bond motifs is 5. The smallest absolute Gasteiger partial charge is 0.393 e. The van der Waals surface area contributed by atoms with Gasteiger partial charge in [0.1, 0.15) is 54.0 Å². The third-order valence-electron chi connectivity index (χ3n) is 19.7. The van der Waals surface area contributed by atoms with Crippen molar-refractivity contribution in [1.29, 1.82) is 0 Å². The number of amides is 9. The molecule has 9 amide bonds. The molecule has 2 saturated carbocycles. The molecule has 9 rings (SSSR count). The van der Waals surface area contributed by atoms with Crippen molar-refractivity contribution in [3.8, 4) is 5.75 Å². The zero-order chi connectivity index (χ0) is 74.8. The van der Waals surface area contributed by atoms with Crippen molar-refractivity contribution in [1.82, 2.24) is 57.1 Å². The summed E-state index contributed by atoms with van der Waals surface area (Å²) in [7, 11) is 0. The average Bonchev–Trinajstić information content (AvgIpc) is 1.64. The van der Waals surface area contributed by atoms with Gasteiger partial charge in [-0.05, 0) is 141 Å². The van der Waals surface area contributed by atoms with Crippen molar-refractivity contribution in [2.24, 2.45) is 41.1 Å². The topological polar surface area (TPSA) is 412 Å². The van der Waals surface area contributed by atoms with E-state index in [-0.39, 0.29) is 73.2 Å². The molecule has 33 heteroatoms. The molecule has 13 atom stereocenters. The van der Waals surface area contributed by atoms with Crippen molar-refractivity contribution >= 4 is 99.3 Å². The van der Waals surface area contributed by atoms with Crippen LogP contribution in [0.4, 0.5) is 22.0 Å². The number of nitrogens with one attached hydrogen (secondary N) is 9. The Hall–Kier alpha value is -9.11. The number of phenols is 1. The van der Waals surface area contributed by atoms with Gasteiger partial charge in [0, 0.05) is 90.7 Å². The van der Waals surface area contributed by atoms with Gasteiger partial charge in [0.05, 0.1) is 37.2 Å². The lowest BCUT2D eigenvalue weighted by Gasteiger charge is -2.33. The normalized spacial score (nSPS) is 26.9. The van der Waals surface area contributed by atoms with E-state index in [2.05, 4.69) is 52.2 Å². The van der Waals surface area contributed by atoms with Gasteiger partial charge in [0.15, 0.2) is 5.78 Å². The van der Waals surface area contributed by atoms with Gasteiger partial charge < -0.3 is 73.8 Å². The highest BCUT2D eigenvalue weighted by Crippen LogP contribution is 2.48. The molecule has 562 valence electrons. The highest BCUT2D eigenvalue weighted by atomic mass is 32.2. The first-order valence-electron chi connectivity index (χ1n) is 34.7. The fraction of sp³-hybridized carbons (Fsp3) is 0.521. The number of rotatable bonds is 15. The molecule has 0 radical (unpaired) electrons. The van der Waals surface area contributed by atoms with E-state index in [9.17, 15) is 61.3 Å². The molecule has 104 heavy (non-hydrogen) atoms. The molecular formula is C71H88F5N13O13S2. The molecule has 2 aliphatic heterocycles. The van der Waals surface area contributed by atoms with Gasteiger partial charge in [-0.25, -0.2) is 13.8 Å². The van der Waals surface area contributed by atoms with Crippen molar-refractivity contribution < 1.29 is 84.9 Å². The molecule has 2 aliphatic carbocycles. The SMILES string of the molecule is NCCCC[C@@H]1NC(=O)CCSCc2cccc(c2)CSC[C@@H](C(N)=O)CC(=O)[C@@H]2C[C@H](C(F)(F)F)CN2C(=O)[C@H](Cc2ccc(O)cc2)NC(=O)[C@H](Cc2cnc[nH]2)NC(=O)[C@H](CC(=O)O)NC(=O)[C@H](CC2CCC3CCC(F)CC32)NC(=O)[C@H](Cc2c[nH]c3ccc(F)cc23)NC(=O)CNC1=O. The summed E-state index contributed by atoms with van der Waals surface area (Å²) in [5.41, 5.74) is 14.5. The average molecular weight is 1490 g/mol. The van der Waals surface area contributed by atoms with Gasteiger partial charge >= 0.3 is 12.1 Å². The number of aliphatic carboxylic acids is 1. The molecule has 4 heterocycles. The predicted molar refractivity (Wildman–Crippen MR) is 374 cm³/mol. The van der Waals surface area contributed by atoms with E-state index in [1.807, 2.05) is 18.2 Å². The number of aromatic nitrogens is 3. The lowest BCUT2D eigenvalue weighted by atomic mass is 9.75. The molecule has 1 saturated heterocycles. The maximum Gasteiger partial charge on any atom is 0.393 e. The first-order valence-corrected chi connectivity index (χ1v) is 37.1. The minimum atomic E-state index is -4.95. The van der Waals surface area contributed by atoms with Crippen molar-refractivity contribution in [3.63, 3.8) is 0 Å². The lowest BCUT2D eigenvalue weighted by Crippen LogP contribution is -2.61. The zero-order valence-electron chi connectivity index (χ0n) is 57.0. The van der Waals surface area contributed by atoms with E-state index >= 15 is 23.6 Å². The van der Waals surface area contributed by atoms with Gasteiger partial charge in [0.25, 0.3) is 0 Å². The summed E-state index contributed by atoms with van der Waals surface area (Å²) < 4.78 is 74.8. The number of unbranched alkanes of at least 4 members (excludes halogenated alkanes) is 1. The molecule has 3 fully saturated rings. The number of imidazole rings is 1. The molecule has 0 spiro atoms. The molecule has 2 bridgehead atoms. The lowest BCUT2D eigenvalue weighted by molar-refractivity contribution is -0.171. The second-order valence-electron chi connectivity index (χ2n) is 27.2. The van der Waals surface area contributed by atoms with Crippen molar-refractivity contribution in [2.75, 3.05) is 31.1 Å². The summed E-state index contributed by atoms with van der Waals surface area (Å²) in [6.07, 6.45) is -3.35. The van der Waals surface area contributed by atoms with Crippen LogP contribution in [0.2, 0.25) is 0 Å². The van der Waals surface area contributed by atoms with Crippen LogP contribution < -0.4 is 48.7 Å². The van der Waals surface area contributed by atoms with E-state index in [0.717, 1.165) is 11.1 Å². The van der Waals surface area contributed by atoms with Crippen LogP contribution in [0.1, 0.15) is 111 Å².